The van der Waals surface area contributed by atoms with Gasteiger partial charge in [0.2, 0.25) is 5.91 Å². The molecular formula is C12H15NOS. The van der Waals surface area contributed by atoms with Crippen LogP contribution >= 0.6 is 11.3 Å². The van der Waals surface area contributed by atoms with Gasteiger partial charge in [-0.15, -0.1) is 11.3 Å². The highest BCUT2D eigenvalue weighted by molar-refractivity contribution is 7.10. The van der Waals surface area contributed by atoms with Crippen molar-refractivity contribution in [2.45, 2.75) is 32.2 Å². The van der Waals surface area contributed by atoms with Gasteiger partial charge in [0.1, 0.15) is 0 Å². The molecule has 0 N–H and O–H groups in total. The molecule has 0 spiro atoms. The average Bonchev–Trinajstić information content (AvgIpc) is 2.97. The summed E-state index contributed by atoms with van der Waals surface area (Å²) in [6.07, 6.45) is 3.27. The van der Waals surface area contributed by atoms with E-state index < -0.39 is 0 Å². The quantitative estimate of drug-likeness (QED) is 0.714. The topological polar surface area (TPSA) is 20.3 Å². The summed E-state index contributed by atoms with van der Waals surface area (Å²) in [5.41, 5.74) is 1.38. The van der Waals surface area contributed by atoms with Crippen LogP contribution in [0.15, 0.2) is 11.4 Å². The van der Waals surface area contributed by atoms with Gasteiger partial charge >= 0.3 is 0 Å². The van der Waals surface area contributed by atoms with Gasteiger partial charge in [-0.05, 0) is 43.2 Å². The first-order valence-corrected chi connectivity index (χ1v) is 6.52. The number of thiophene rings is 1. The molecule has 0 saturated heterocycles. The van der Waals surface area contributed by atoms with Crippen molar-refractivity contribution in [3.05, 3.63) is 21.9 Å². The molecule has 2 heterocycles. The zero-order valence-electron chi connectivity index (χ0n) is 8.90. The number of carbonyl (C=O) groups is 1. The normalized spacial score (nSPS) is 25.1. The van der Waals surface area contributed by atoms with Crippen molar-refractivity contribution in [1.82, 2.24) is 4.90 Å². The largest absolute Gasteiger partial charge is 0.335 e. The first-order chi connectivity index (χ1) is 7.27. The van der Waals surface area contributed by atoms with E-state index in [1.165, 1.54) is 10.4 Å². The van der Waals surface area contributed by atoms with Crippen LogP contribution in [-0.2, 0) is 11.2 Å². The van der Waals surface area contributed by atoms with Gasteiger partial charge < -0.3 is 4.90 Å². The van der Waals surface area contributed by atoms with E-state index >= 15 is 0 Å². The standard InChI is InChI=1S/C12H15NOS/c1-8-10-5-7-15-11(10)4-6-13(8)12(14)9-2-3-9/h5,7-9H,2-4,6H2,1H3. The molecular weight excluding hydrogens is 206 g/mol. The molecule has 1 aliphatic carbocycles. The highest BCUT2D eigenvalue weighted by Gasteiger charge is 2.37. The van der Waals surface area contributed by atoms with E-state index in [1.807, 2.05) is 11.3 Å². The molecule has 1 aromatic rings. The Kier molecular flexibility index (Phi) is 2.09. The van der Waals surface area contributed by atoms with E-state index in [0.29, 0.717) is 17.9 Å². The van der Waals surface area contributed by atoms with Crippen LogP contribution in [0.3, 0.4) is 0 Å². The van der Waals surface area contributed by atoms with Crippen molar-refractivity contribution in [1.29, 1.82) is 0 Å². The molecule has 80 valence electrons. The zero-order valence-corrected chi connectivity index (χ0v) is 9.72. The Hall–Kier alpha value is -0.830. The summed E-state index contributed by atoms with van der Waals surface area (Å²) in [4.78, 5) is 15.6. The summed E-state index contributed by atoms with van der Waals surface area (Å²) in [6.45, 7) is 3.08. The van der Waals surface area contributed by atoms with Crippen LogP contribution in [0.2, 0.25) is 0 Å². The Morgan fingerprint density at radius 2 is 2.33 bits per heavy atom. The Morgan fingerprint density at radius 1 is 1.53 bits per heavy atom. The fourth-order valence-corrected chi connectivity index (χ4v) is 3.34. The van der Waals surface area contributed by atoms with Crippen LogP contribution < -0.4 is 0 Å². The summed E-state index contributed by atoms with van der Waals surface area (Å²) >= 11 is 1.83. The van der Waals surface area contributed by atoms with Crippen molar-refractivity contribution < 1.29 is 4.79 Å². The Bertz CT molecular complexity index is 394. The van der Waals surface area contributed by atoms with Gasteiger partial charge in [-0.3, -0.25) is 4.79 Å². The molecule has 1 aromatic heterocycles. The number of fused-ring (bicyclic) bond motifs is 1. The van der Waals surface area contributed by atoms with Gasteiger partial charge in [0.05, 0.1) is 6.04 Å². The SMILES string of the molecule is CC1c2ccsc2CCN1C(=O)C1CC1. The predicted molar refractivity (Wildman–Crippen MR) is 60.9 cm³/mol. The second kappa shape index (κ2) is 3.34. The molecule has 3 heteroatoms. The van der Waals surface area contributed by atoms with Crippen LogP contribution in [0, 0.1) is 5.92 Å². The van der Waals surface area contributed by atoms with Crippen molar-refractivity contribution in [2.75, 3.05) is 6.54 Å². The van der Waals surface area contributed by atoms with E-state index in [2.05, 4.69) is 23.3 Å². The lowest BCUT2D eigenvalue weighted by molar-refractivity contribution is -0.135. The number of carbonyl (C=O) groups excluding carboxylic acids is 1. The van der Waals surface area contributed by atoms with Crippen LogP contribution in [0.25, 0.3) is 0 Å². The lowest BCUT2D eigenvalue weighted by Crippen LogP contribution is -2.39. The molecule has 2 nitrogen and oxygen atoms in total. The molecule has 0 radical (unpaired) electrons. The third-order valence-corrected chi connectivity index (χ3v) is 4.48. The van der Waals surface area contributed by atoms with Crippen molar-refractivity contribution in [3.63, 3.8) is 0 Å². The summed E-state index contributed by atoms with van der Waals surface area (Å²) in [5, 5.41) is 2.15. The fourth-order valence-electron chi connectivity index (χ4n) is 2.38. The summed E-state index contributed by atoms with van der Waals surface area (Å²) in [6, 6.07) is 2.48. The molecule has 1 fully saturated rings. The molecule has 1 atom stereocenters. The molecule has 1 aliphatic heterocycles. The Labute approximate surface area is 93.9 Å². The first-order valence-electron chi connectivity index (χ1n) is 5.64. The molecule has 15 heavy (non-hydrogen) atoms. The minimum absolute atomic E-state index is 0.299. The highest BCUT2D eigenvalue weighted by atomic mass is 32.1. The van der Waals surface area contributed by atoms with E-state index in [4.69, 9.17) is 0 Å². The summed E-state index contributed by atoms with van der Waals surface area (Å²) in [7, 11) is 0. The number of rotatable bonds is 1. The lowest BCUT2D eigenvalue weighted by atomic mass is 10.0. The predicted octanol–water partition coefficient (Wildman–Crippen LogP) is 2.60. The van der Waals surface area contributed by atoms with Crippen molar-refractivity contribution >= 4 is 17.2 Å². The van der Waals surface area contributed by atoms with Crippen LogP contribution in [0.4, 0.5) is 0 Å². The summed E-state index contributed by atoms with van der Waals surface area (Å²) in [5.74, 6) is 0.743. The second-order valence-corrected chi connectivity index (χ2v) is 5.53. The molecule has 2 aliphatic rings. The van der Waals surface area contributed by atoms with Gasteiger partial charge in [-0.1, -0.05) is 0 Å². The van der Waals surface area contributed by atoms with E-state index in [9.17, 15) is 4.79 Å². The van der Waals surface area contributed by atoms with E-state index in [-0.39, 0.29) is 0 Å². The van der Waals surface area contributed by atoms with Gasteiger partial charge in [0, 0.05) is 17.3 Å². The first kappa shape index (κ1) is 9.40. The van der Waals surface area contributed by atoms with Crippen LogP contribution in [0.1, 0.15) is 36.2 Å². The Morgan fingerprint density at radius 3 is 3.07 bits per heavy atom. The molecule has 0 aromatic carbocycles. The van der Waals surface area contributed by atoms with Gasteiger partial charge in [-0.2, -0.15) is 0 Å². The number of nitrogens with zero attached hydrogens (tertiary/aromatic N) is 1. The van der Waals surface area contributed by atoms with Crippen LogP contribution in [0.5, 0.6) is 0 Å². The minimum atomic E-state index is 0.299. The molecule has 1 unspecified atom stereocenters. The average molecular weight is 221 g/mol. The van der Waals surface area contributed by atoms with Gasteiger partial charge in [0.25, 0.3) is 0 Å². The fraction of sp³-hybridized carbons (Fsp3) is 0.583. The summed E-state index contributed by atoms with van der Waals surface area (Å²) < 4.78 is 0. The maximum Gasteiger partial charge on any atom is 0.226 e. The smallest absolute Gasteiger partial charge is 0.226 e. The lowest BCUT2D eigenvalue weighted by Gasteiger charge is -2.33. The third-order valence-electron chi connectivity index (χ3n) is 3.49. The van der Waals surface area contributed by atoms with E-state index in [1.54, 1.807) is 0 Å². The third kappa shape index (κ3) is 1.49. The zero-order chi connectivity index (χ0) is 10.4. The number of amides is 1. The maximum absolute atomic E-state index is 12.0. The molecule has 0 bridgehead atoms. The maximum atomic E-state index is 12.0. The molecule has 1 saturated carbocycles. The van der Waals surface area contributed by atoms with Gasteiger partial charge in [-0.25, -0.2) is 0 Å². The second-order valence-electron chi connectivity index (χ2n) is 4.53. The number of hydrogen-bond acceptors (Lipinski definition) is 2. The van der Waals surface area contributed by atoms with Crippen molar-refractivity contribution in [2.24, 2.45) is 5.92 Å². The van der Waals surface area contributed by atoms with Crippen molar-refractivity contribution in [3.8, 4) is 0 Å². The highest BCUT2D eigenvalue weighted by Crippen LogP contribution is 2.38. The van der Waals surface area contributed by atoms with Gasteiger partial charge in [0.15, 0.2) is 0 Å². The van der Waals surface area contributed by atoms with Crippen LogP contribution in [-0.4, -0.2) is 17.4 Å². The molecule has 1 amide bonds. The number of hydrogen-bond donors (Lipinski definition) is 0. The molecule has 3 rings (SSSR count). The monoisotopic (exact) mass is 221 g/mol. The Balaban J connectivity index is 1.86. The van der Waals surface area contributed by atoms with E-state index in [0.717, 1.165) is 25.8 Å². The minimum Gasteiger partial charge on any atom is -0.335 e.